The minimum Gasteiger partial charge on any atom is -0.492 e. The predicted molar refractivity (Wildman–Crippen MR) is 127 cm³/mol. The number of aliphatic imine (C=N–C) groups is 1. The van der Waals surface area contributed by atoms with Crippen LogP contribution in [0.4, 0.5) is 0 Å². The number of likely N-dealkylation sites (N-methyl/N-ethyl adjacent to an activating group) is 1. The highest BCUT2D eigenvalue weighted by Crippen LogP contribution is 2.18. The predicted octanol–water partition coefficient (Wildman–Crippen LogP) is 3.73. The van der Waals surface area contributed by atoms with Gasteiger partial charge in [0.15, 0.2) is 5.96 Å². The summed E-state index contributed by atoms with van der Waals surface area (Å²) in [6.45, 7) is 5.20. The number of aryl methyl sites for hydroxylation is 1. The summed E-state index contributed by atoms with van der Waals surface area (Å²) < 4.78 is 5.92. The summed E-state index contributed by atoms with van der Waals surface area (Å²) >= 11 is 1.84. The smallest absolute Gasteiger partial charge is 0.191 e. The van der Waals surface area contributed by atoms with E-state index in [9.17, 15) is 0 Å². The molecule has 0 amide bonds. The summed E-state index contributed by atoms with van der Waals surface area (Å²) in [6, 6.07) is 12.5. The quantitative estimate of drug-likeness (QED) is 0.312. The van der Waals surface area contributed by atoms with Crippen molar-refractivity contribution in [1.82, 2.24) is 15.5 Å². The zero-order chi connectivity index (χ0) is 18.8. The van der Waals surface area contributed by atoms with Crippen LogP contribution >= 0.6 is 35.3 Å². The number of nitrogens with one attached hydrogen (secondary N) is 2. The lowest BCUT2D eigenvalue weighted by Crippen LogP contribution is -2.36. The maximum absolute atomic E-state index is 5.92. The van der Waals surface area contributed by atoms with Crippen molar-refractivity contribution in [3.05, 3.63) is 51.7 Å². The maximum atomic E-state index is 5.92. The van der Waals surface area contributed by atoms with Crippen LogP contribution in [0.3, 0.4) is 0 Å². The normalized spacial score (nSPS) is 11.2. The van der Waals surface area contributed by atoms with Gasteiger partial charge in [-0.1, -0.05) is 25.1 Å². The summed E-state index contributed by atoms with van der Waals surface area (Å²) in [5.41, 5.74) is 1.12. The fraction of sp³-hybridized carbons (Fsp3) is 0.450. The van der Waals surface area contributed by atoms with Gasteiger partial charge in [0.2, 0.25) is 0 Å². The van der Waals surface area contributed by atoms with Gasteiger partial charge < -0.3 is 20.3 Å². The van der Waals surface area contributed by atoms with E-state index in [1.54, 1.807) is 7.05 Å². The fourth-order valence-corrected chi connectivity index (χ4v) is 3.30. The van der Waals surface area contributed by atoms with Crippen molar-refractivity contribution >= 4 is 41.3 Å². The van der Waals surface area contributed by atoms with Crippen LogP contribution in [0.5, 0.6) is 5.75 Å². The molecule has 0 radical (unpaired) electrons. The molecule has 1 heterocycles. The number of thiophene rings is 1. The summed E-state index contributed by atoms with van der Waals surface area (Å²) in [7, 11) is 5.88. The van der Waals surface area contributed by atoms with Crippen LogP contribution in [-0.4, -0.2) is 45.2 Å². The SMILES string of the molecule is CCc1ccc(CNC(=NC)NCc2ccccc2OCCN(C)C)s1.I. The van der Waals surface area contributed by atoms with E-state index in [0.717, 1.165) is 36.8 Å². The Morgan fingerprint density at radius 2 is 1.78 bits per heavy atom. The lowest BCUT2D eigenvalue weighted by molar-refractivity contribution is 0.259. The minimum atomic E-state index is 0. The third-order valence-electron chi connectivity index (χ3n) is 3.93. The highest BCUT2D eigenvalue weighted by molar-refractivity contribution is 14.0. The van der Waals surface area contributed by atoms with Crippen LogP contribution < -0.4 is 15.4 Å². The molecule has 0 bridgehead atoms. The maximum Gasteiger partial charge on any atom is 0.191 e. The largest absolute Gasteiger partial charge is 0.492 e. The summed E-state index contributed by atoms with van der Waals surface area (Å²) in [5, 5.41) is 6.74. The molecule has 7 heteroatoms. The summed E-state index contributed by atoms with van der Waals surface area (Å²) in [6.07, 6.45) is 1.09. The van der Waals surface area contributed by atoms with E-state index >= 15 is 0 Å². The van der Waals surface area contributed by atoms with Crippen LogP contribution in [0.2, 0.25) is 0 Å². The average molecular weight is 502 g/mol. The number of benzene rings is 1. The molecule has 0 aliphatic carbocycles. The van der Waals surface area contributed by atoms with Crippen LogP contribution in [0.15, 0.2) is 41.4 Å². The van der Waals surface area contributed by atoms with Gasteiger partial charge >= 0.3 is 0 Å². The van der Waals surface area contributed by atoms with E-state index in [1.165, 1.54) is 9.75 Å². The average Bonchev–Trinajstić information content (AvgIpc) is 3.11. The zero-order valence-electron chi connectivity index (χ0n) is 16.6. The number of ether oxygens (including phenoxy) is 1. The van der Waals surface area contributed by atoms with Gasteiger partial charge in [0.05, 0.1) is 6.54 Å². The van der Waals surface area contributed by atoms with E-state index in [-0.39, 0.29) is 24.0 Å². The molecule has 2 rings (SSSR count). The van der Waals surface area contributed by atoms with Crippen LogP contribution in [0.25, 0.3) is 0 Å². The number of guanidine groups is 1. The molecule has 1 aromatic heterocycles. The highest BCUT2D eigenvalue weighted by Gasteiger charge is 2.06. The van der Waals surface area contributed by atoms with Gasteiger partial charge in [0.1, 0.15) is 12.4 Å². The van der Waals surface area contributed by atoms with Gasteiger partial charge in [-0.3, -0.25) is 4.99 Å². The first kappa shape index (κ1) is 23.7. The Balaban J connectivity index is 0.00000364. The molecule has 0 spiro atoms. The third kappa shape index (κ3) is 8.49. The fourth-order valence-electron chi connectivity index (χ4n) is 2.41. The van der Waals surface area contributed by atoms with Gasteiger partial charge in [-0.2, -0.15) is 0 Å². The molecule has 2 N–H and O–H groups in total. The molecule has 0 unspecified atom stereocenters. The standard InChI is InChI=1S/C20H30N4OS.HI/c1-5-17-10-11-18(26-17)15-23-20(21-2)22-14-16-8-6-7-9-19(16)25-13-12-24(3)4;/h6-11H,5,12-15H2,1-4H3,(H2,21,22,23);1H. The second-order valence-corrected chi connectivity index (χ2v) is 7.51. The molecule has 150 valence electrons. The van der Waals surface area contributed by atoms with Crippen LogP contribution in [-0.2, 0) is 19.5 Å². The Labute approximate surface area is 184 Å². The zero-order valence-corrected chi connectivity index (χ0v) is 19.8. The first-order valence-electron chi connectivity index (χ1n) is 9.00. The summed E-state index contributed by atoms with van der Waals surface area (Å²) in [4.78, 5) is 9.15. The number of halogens is 1. The van der Waals surface area contributed by atoms with E-state index in [4.69, 9.17) is 4.74 Å². The van der Waals surface area contributed by atoms with E-state index < -0.39 is 0 Å². The first-order valence-corrected chi connectivity index (χ1v) is 9.81. The van der Waals surface area contributed by atoms with Crippen molar-refractivity contribution in [3.8, 4) is 5.75 Å². The van der Waals surface area contributed by atoms with Gasteiger partial charge in [0, 0.05) is 35.5 Å². The minimum absolute atomic E-state index is 0. The van der Waals surface area contributed by atoms with Crippen molar-refractivity contribution in [3.63, 3.8) is 0 Å². The topological polar surface area (TPSA) is 48.9 Å². The summed E-state index contributed by atoms with van der Waals surface area (Å²) in [5.74, 6) is 1.71. The monoisotopic (exact) mass is 502 g/mol. The number of hydrogen-bond acceptors (Lipinski definition) is 4. The van der Waals surface area contributed by atoms with E-state index in [2.05, 4.69) is 45.6 Å². The van der Waals surface area contributed by atoms with Crippen molar-refractivity contribution in [1.29, 1.82) is 0 Å². The van der Waals surface area contributed by atoms with Crippen molar-refractivity contribution in [2.24, 2.45) is 4.99 Å². The number of rotatable bonds is 9. The van der Waals surface area contributed by atoms with Gasteiger partial charge in [0.25, 0.3) is 0 Å². The van der Waals surface area contributed by atoms with Crippen molar-refractivity contribution in [2.45, 2.75) is 26.4 Å². The Morgan fingerprint density at radius 1 is 1.07 bits per heavy atom. The van der Waals surface area contributed by atoms with Gasteiger partial charge in [-0.05, 0) is 38.7 Å². The lowest BCUT2D eigenvalue weighted by atomic mass is 10.2. The van der Waals surface area contributed by atoms with Gasteiger partial charge in [-0.15, -0.1) is 35.3 Å². The van der Waals surface area contributed by atoms with Crippen LogP contribution in [0.1, 0.15) is 22.2 Å². The van der Waals surface area contributed by atoms with Crippen molar-refractivity contribution in [2.75, 3.05) is 34.3 Å². The molecule has 0 aliphatic heterocycles. The molecule has 0 saturated heterocycles. The third-order valence-corrected chi connectivity index (χ3v) is 5.16. The van der Waals surface area contributed by atoms with Crippen LogP contribution in [0, 0.1) is 0 Å². The molecular formula is C20H31IN4OS. The van der Waals surface area contributed by atoms with Crippen molar-refractivity contribution < 1.29 is 4.74 Å². The Morgan fingerprint density at radius 3 is 2.44 bits per heavy atom. The highest BCUT2D eigenvalue weighted by atomic mass is 127. The number of hydrogen-bond donors (Lipinski definition) is 2. The molecule has 2 aromatic rings. The number of nitrogens with zero attached hydrogens (tertiary/aromatic N) is 2. The Kier molecular flexibility index (Phi) is 11.4. The van der Waals surface area contributed by atoms with E-state index in [1.807, 2.05) is 43.6 Å². The Bertz CT molecular complexity index is 703. The molecule has 1 aromatic carbocycles. The Hall–Kier alpha value is -1.32. The molecule has 5 nitrogen and oxygen atoms in total. The second-order valence-electron chi connectivity index (χ2n) is 6.26. The lowest BCUT2D eigenvalue weighted by Gasteiger charge is -2.16. The molecular weight excluding hydrogens is 471 g/mol. The second kappa shape index (κ2) is 13.0. The molecule has 0 fully saturated rings. The first-order chi connectivity index (χ1) is 12.6. The molecule has 0 aliphatic rings. The molecule has 27 heavy (non-hydrogen) atoms. The van der Waals surface area contributed by atoms with Gasteiger partial charge in [-0.25, -0.2) is 0 Å². The molecule has 0 atom stereocenters. The molecule has 0 saturated carbocycles. The number of para-hydroxylation sites is 1. The van der Waals surface area contributed by atoms with E-state index in [0.29, 0.717) is 13.2 Å².